The zero-order chi connectivity index (χ0) is 20.7. The van der Waals surface area contributed by atoms with E-state index in [4.69, 9.17) is 0 Å². The maximum atomic E-state index is 4.50. The van der Waals surface area contributed by atoms with Gasteiger partial charge in [0.15, 0.2) is 0 Å². The van der Waals surface area contributed by atoms with Gasteiger partial charge < -0.3 is 11.2 Å². The Hall–Kier alpha value is -0.0800. The van der Waals surface area contributed by atoms with Gasteiger partial charge in [0, 0.05) is 0 Å². The lowest BCUT2D eigenvalue weighted by molar-refractivity contribution is 0.624. The number of unbranched alkanes of at least 4 members (excludes halogenated alkanes) is 15. The van der Waals surface area contributed by atoms with Crippen molar-refractivity contribution >= 4 is 0 Å². The monoisotopic (exact) mass is 391 g/mol. The summed E-state index contributed by atoms with van der Waals surface area (Å²) in [6.45, 7) is 13.5. The molecule has 27 heavy (non-hydrogen) atoms. The zero-order valence-corrected chi connectivity index (χ0v) is 20.8. The SMILES string of the molecule is CCCCCCCC.CCCCCCCC.CCCCCCCC.CN.O. The minimum absolute atomic E-state index is 0. The molecule has 0 amide bonds. The fraction of sp³-hybridized carbons (Fsp3) is 1.00. The van der Waals surface area contributed by atoms with E-state index in [1.807, 2.05) is 0 Å². The smallest absolute Gasteiger partial charge is 0.0195 e. The molecule has 0 aliphatic heterocycles. The molecule has 0 heterocycles. The standard InChI is InChI=1S/3C8H18.CH5N.H2O/c3*1-3-5-7-8-6-4-2;1-2;/h3*3-8H2,1-2H3;2H2,1H3;1H2. The molecule has 0 aromatic rings. The molecular weight excluding hydrogens is 330 g/mol. The summed E-state index contributed by atoms with van der Waals surface area (Å²) < 4.78 is 0. The quantitative estimate of drug-likeness (QED) is 0.278. The number of rotatable bonds is 15. The van der Waals surface area contributed by atoms with Crippen molar-refractivity contribution in [2.45, 2.75) is 157 Å². The van der Waals surface area contributed by atoms with Crippen LogP contribution in [0.3, 0.4) is 0 Å². The van der Waals surface area contributed by atoms with Crippen molar-refractivity contribution in [3.05, 3.63) is 0 Å². The molecule has 0 radical (unpaired) electrons. The second-order valence-corrected chi connectivity index (χ2v) is 7.24. The predicted molar refractivity (Wildman–Crippen MR) is 131 cm³/mol. The molecule has 0 rings (SSSR count). The average Bonchev–Trinajstić information content (AvgIpc) is 2.69. The van der Waals surface area contributed by atoms with Crippen LogP contribution in [0.5, 0.6) is 0 Å². The van der Waals surface area contributed by atoms with Crippen molar-refractivity contribution in [2.24, 2.45) is 5.73 Å². The van der Waals surface area contributed by atoms with Crippen molar-refractivity contribution < 1.29 is 5.48 Å². The van der Waals surface area contributed by atoms with E-state index in [2.05, 4.69) is 47.3 Å². The van der Waals surface area contributed by atoms with Crippen molar-refractivity contribution in [2.75, 3.05) is 7.05 Å². The molecular formula is C25H61NO. The van der Waals surface area contributed by atoms with Crippen LogP contribution < -0.4 is 5.73 Å². The van der Waals surface area contributed by atoms with Crippen LogP contribution in [-0.4, -0.2) is 12.5 Å². The summed E-state index contributed by atoms with van der Waals surface area (Å²) >= 11 is 0. The Morgan fingerprint density at radius 2 is 0.407 bits per heavy atom. The molecule has 172 valence electrons. The largest absolute Gasteiger partial charge is 0.412 e. The van der Waals surface area contributed by atoms with E-state index >= 15 is 0 Å². The van der Waals surface area contributed by atoms with Crippen molar-refractivity contribution in [3.8, 4) is 0 Å². The van der Waals surface area contributed by atoms with Crippen LogP contribution in [0.1, 0.15) is 157 Å². The highest BCUT2D eigenvalue weighted by Gasteiger charge is 1.84. The fourth-order valence-corrected chi connectivity index (χ4v) is 2.56. The van der Waals surface area contributed by atoms with Gasteiger partial charge in [0.05, 0.1) is 0 Å². The summed E-state index contributed by atoms with van der Waals surface area (Å²) in [5.74, 6) is 0. The van der Waals surface area contributed by atoms with Gasteiger partial charge in [-0.1, -0.05) is 157 Å². The molecule has 0 atom stereocenters. The summed E-state index contributed by atoms with van der Waals surface area (Å²) in [4.78, 5) is 0. The third-order valence-corrected chi connectivity index (χ3v) is 4.37. The Morgan fingerprint density at radius 3 is 0.481 bits per heavy atom. The summed E-state index contributed by atoms with van der Waals surface area (Å²) in [6.07, 6.45) is 25.5. The number of hydrogen-bond donors (Lipinski definition) is 1. The molecule has 0 saturated carbocycles. The molecule has 0 aromatic carbocycles. The molecule has 0 fully saturated rings. The molecule has 0 bridgehead atoms. The van der Waals surface area contributed by atoms with Gasteiger partial charge >= 0.3 is 0 Å². The van der Waals surface area contributed by atoms with E-state index in [1.165, 1.54) is 123 Å². The topological polar surface area (TPSA) is 57.5 Å². The van der Waals surface area contributed by atoms with Crippen LogP contribution in [0.4, 0.5) is 0 Å². The summed E-state index contributed by atoms with van der Waals surface area (Å²) in [5, 5.41) is 0. The van der Waals surface area contributed by atoms with E-state index in [1.54, 1.807) is 0 Å². The third kappa shape index (κ3) is 66.6. The van der Waals surface area contributed by atoms with Crippen molar-refractivity contribution in [1.29, 1.82) is 0 Å². The number of hydrogen-bond acceptors (Lipinski definition) is 1. The third-order valence-electron chi connectivity index (χ3n) is 4.37. The van der Waals surface area contributed by atoms with E-state index in [0.717, 1.165) is 0 Å². The lowest BCUT2D eigenvalue weighted by atomic mass is 10.1. The van der Waals surface area contributed by atoms with Crippen LogP contribution in [-0.2, 0) is 0 Å². The molecule has 0 aromatic heterocycles. The van der Waals surface area contributed by atoms with Crippen LogP contribution in [0.15, 0.2) is 0 Å². The normalized spacial score (nSPS) is 8.89. The van der Waals surface area contributed by atoms with Crippen molar-refractivity contribution in [3.63, 3.8) is 0 Å². The Balaban J connectivity index is -0.0000000840. The van der Waals surface area contributed by atoms with E-state index < -0.39 is 0 Å². The van der Waals surface area contributed by atoms with Gasteiger partial charge in [-0.3, -0.25) is 0 Å². The van der Waals surface area contributed by atoms with Crippen LogP contribution in [0.25, 0.3) is 0 Å². The maximum absolute atomic E-state index is 4.50. The Kier molecular flexibility index (Phi) is 69.9. The lowest BCUT2D eigenvalue weighted by Gasteiger charge is -1.93. The van der Waals surface area contributed by atoms with Gasteiger partial charge in [0.25, 0.3) is 0 Å². The number of nitrogens with two attached hydrogens (primary N) is 1. The van der Waals surface area contributed by atoms with Gasteiger partial charge in [0.1, 0.15) is 0 Å². The minimum atomic E-state index is 0. The summed E-state index contributed by atoms with van der Waals surface area (Å²) in [5.41, 5.74) is 4.50. The lowest BCUT2D eigenvalue weighted by Crippen LogP contribution is -1.73. The Bertz CT molecular complexity index is 116. The van der Waals surface area contributed by atoms with Gasteiger partial charge in [-0.2, -0.15) is 0 Å². The molecule has 0 aliphatic rings. The molecule has 2 heteroatoms. The molecule has 0 saturated heterocycles. The average molecular weight is 392 g/mol. The summed E-state index contributed by atoms with van der Waals surface area (Å²) in [7, 11) is 1.50. The molecule has 0 aliphatic carbocycles. The Labute approximate surface area is 175 Å². The molecule has 4 N–H and O–H groups in total. The minimum Gasteiger partial charge on any atom is -0.412 e. The van der Waals surface area contributed by atoms with Gasteiger partial charge in [-0.15, -0.1) is 0 Å². The molecule has 2 nitrogen and oxygen atoms in total. The van der Waals surface area contributed by atoms with Gasteiger partial charge in [-0.25, -0.2) is 0 Å². The van der Waals surface area contributed by atoms with Crippen molar-refractivity contribution in [1.82, 2.24) is 0 Å². The zero-order valence-electron chi connectivity index (χ0n) is 20.8. The predicted octanol–water partition coefficient (Wildman–Crippen LogP) is 8.85. The summed E-state index contributed by atoms with van der Waals surface area (Å²) in [6, 6.07) is 0. The molecule has 0 unspecified atom stereocenters. The molecule has 0 spiro atoms. The van der Waals surface area contributed by atoms with E-state index in [-0.39, 0.29) is 5.48 Å². The van der Waals surface area contributed by atoms with Crippen LogP contribution in [0, 0.1) is 0 Å². The first-order chi connectivity index (χ1) is 12.7. The maximum Gasteiger partial charge on any atom is -0.0195 e. The van der Waals surface area contributed by atoms with Gasteiger partial charge in [-0.05, 0) is 7.05 Å². The van der Waals surface area contributed by atoms with E-state index in [0.29, 0.717) is 0 Å². The first-order valence-electron chi connectivity index (χ1n) is 12.3. The highest BCUT2D eigenvalue weighted by molar-refractivity contribution is 4.40. The first-order valence-corrected chi connectivity index (χ1v) is 12.3. The van der Waals surface area contributed by atoms with Gasteiger partial charge in [0.2, 0.25) is 0 Å². The van der Waals surface area contributed by atoms with Crippen LogP contribution in [0.2, 0.25) is 0 Å². The fourth-order valence-electron chi connectivity index (χ4n) is 2.56. The second-order valence-electron chi connectivity index (χ2n) is 7.24. The van der Waals surface area contributed by atoms with E-state index in [9.17, 15) is 0 Å². The van der Waals surface area contributed by atoms with Crippen LogP contribution >= 0.6 is 0 Å². The second kappa shape index (κ2) is 50.1. The Morgan fingerprint density at radius 1 is 0.296 bits per heavy atom. The highest BCUT2D eigenvalue weighted by Crippen LogP contribution is 2.04. The first kappa shape index (κ1) is 37.6. The highest BCUT2D eigenvalue weighted by atomic mass is 16.0.